The van der Waals surface area contributed by atoms with Crippen molar-refractivity contribution < 1.29 is 9.90 Å². The molecule has 5 nitrogen and oxygen atoms in total. The normalized spacial score (nSPS) is 12.0. The van der Waals surface area contributed by atoms with E-state index in [1.165, 1.54) is 11.8 Å². The first-order valence-electron chi connectivity index (χ1n) is 7.00. The number of nitrogens with zero attached hydrogens (tertiary/aromatic N) is 3. The smallest absolute Gasteiger partial charge is 0.313 e. The Morgan fingerprint density at radius 2 is 2.19 bits per heavy atom. The van der Waals surface area contributed by atoms with E-state index >= 15 is 0 Å². The minimum atomic E-state index is -0.836. The Bertz CT molecular complexity index is 664. The molecule has 2 aromatic rings. The van der Waals surface area contributed by atoms with Crippen LogP contribution >= 0.6 is 11.8 Å². The van der Waals surface area contributed by atoms with Gasteiger partial charge in [-0.2, -0.15) is 0 Å². The lowest BCUT2D eigenvalue weighted by Crippen LogP contribution is -2.19. The fourth-order valence-electron chi connectivity index (χ4n) is 2.01. The summed E-state index contributed by atoms with van der Waals surface area (Å²) in [5.41, 5.74) is 2.82. The summed E-state index contributed by atoms with van der Waals surface area (Å²) in [5, 5.41) is 9.62. The summed E-state index contributed by atoms with van der Waals surface area (Å²) < 4.78 is 2.05. The number of hydrogen-bond donors (Lipinski definition) is 1. The van der Waals surface area contributed by atoms with Gasteiger partial charge in [0.2, 0.25) is 0 Å². The van der Waals surface area contributed by atoms with E-state index in [0.29, 0.717) is 0 Å². The molecule has 21 heavy (non-hydrogen) atoms. The van der Waals surface area contributed by atoms with Crippen molar-refractivity contribution in [1.29, 1.82) is 0 Å². The number of fused-ring (bicyclic) bond motifs is 1. The number of aliphatic carboxylic acids is 1. The molecule has 0 aromatic carbocycles. The summed E-state index contributed by atoms with van der Waals surface area (Å²) in [6, 6.07) is 1.99. The molecule has 1 N–H and O–H groups in total. The van der Waals surface area contributed by atoms with Crippen LogP contribution in [0.15, 0.2) is 17.4 Å². The highest BCUT2D eigenvalue weighted by Gasteiger charge is 2.21. The van der Waals surface area contributed by atoms with E-state index in [-0.39, 0.29) is 11.2 Å². The van der Waals surface area contributed by atoms with E-state index in [4.69, 9.17) is 5.11 Å². The van der Waals surface area contributed by atoms with Crippen molar-refractivity contribution in [3.8, 4) is 0 Å². The summed E-state index contributed by atoms with van der Waals surface area (Å²) in [4.78, 5) is 19.9. The van der Waals surface area contributed by atoms with Gasteiger partial charge in [0.25, 0.3) is 0 Å². The van der Waals surface area contributed by atoms with Crippen LogP contribution in [0.1, 0.15) is 32.8 Å². The largest absolute Gasteiger partial charge is 0.481 e. The first-order chi connectivity index (χ1) is 9.82. The van der Waals surface area contributed by atoms with Crippen LogP contribution in [0.4, 0.5) is 0 Å². The monoisotopic (exact) mass is 307 g/mol. The van der Waals surface area contributed by atoms with Gasteiger partial charge in [-0.15, -0.1) is 0 Å². The molecule has 0 amide bonds. The van der Waals surface area contributed by atoms with Crippen molar-refractivity contribution in [3.63, 3.8) is 0 Å². The number of thioether (sulfide) groups is 1. The van der Waals surface area contributed by atoms with E-state index in [9.17, 15) is 4.79 Å². The lowest BCUT2D eigenvalue weighted by atomic mass is 9.90. The fourth-order valence-corrected chi connectivity index (χ4v) is 2.73. The number of pyridine rings is 1. The number of hydrogen-bond acceptors (Lipinski definition) is 4. The zero-order valence-corrected chi connectivity index (χ0v) is 13.7. The lowest BCUT2D eigenvalue weighted by Gasteiger charge is -2.24. The van der Waals surface area contributed by atoms with Crippen molar-refractivity contribution in [2.24, 2.45) is 5.41 Å². The zero-order valence-electron chi connectivity index (χ0n) is 12.9. The highest BCUT2D eigenvalue weighted by atomic mass is 32.2. The van der Waals surface area contributed by atoms with Gasteiger partial charge in [-0.3, -0.25) is 4.79 Å². The molecule has 2 rings (SSSR count). The first kappa shape index (κ1) is 15.8. The number of rotatable bonds is 6. The molecule has 2 aromatic heterocycles. The molecule has 0 unspecified atom stereocenters. The third kappa shape index (κ3) is 3.75. The van der Waals surface area contributed by atoms with Gasteiger partial charge >= 0.3 is 5.97 Å². The van der Waals surface area contributed by atoms with Gasteiger partial charge in [-0.1, -0.05) is 32.5 Å². The Kier molecular flexibility index (Phi) is 4.56. The fraction of sp³-hybridized carbons (Fsp3) is 0.533. The molecule has 0 saturated heterocycles. The van der Waals surface area contributed by atoms with Gasteiger partial charge in [0.05, 0.1) is 5.75 Å². The predicted molar refractivity (Wildman–Crippen MR) is 84.7 cm³/mol. The van der Waals surface area contributed by atoms with Crippen LogP contribution in [-0.4, -0.2) is 31.4 Å². The van der Waals surface area contributed by atoms with Crippen LogP contribution < -0.4 is 0 Å². The molecule has 0 aliphatic carbocycles. The van der Waals surface area contributed by atoms with E-state index in [1.54, 1.807) is 0 Å². The van der Waals surface area contributed by atoms with Crippen LogP contribution in [0.25, 0.3) is 11.2 Å². The molecule has 0 spiro atoms. The van der Waals surface area contributed by atoms with Crippen molar-refractivity contribution in [2.75, 3.05) is 5.75 Å². The second-order valence-electron chi connectivity index (χ2n) is 6.04. The number of carboxylic acids is 1. The highest BCUT2D eigenvalue weighted by Crippen LogP contribution is 2.29. The Labute approximate surface area is 128 Å². The molecule has 6 heteroatoms. The minimum absolute atomic E-state index is 0.00879. The third-order valence-corrected chi connectivity index (χ3v) is 4.52. The number of aromatic nitrogens is 3. The summed E-state index contributed by atoms with van der Waals surface area (Å²) in [6.45, 7) is 9.29. The molecule has 0 saturated carbocycles. The molecule has 0 fully saturated rings. The Morgan fingerprint density at radius 3 is 2.81 bits per heavy atom. The summed E-state index contributed by atoms with van der Waals surface area (Å²) in [6.07, 6.45) is 2.85. The molecule has 0 bridgehead atoms. The van der Waals surface area contributed by atoms with Gasteiger partial charge in [0, 0.05) is 12.7 Å². The number of aryl methyl sites for hydroxylation is 1. The van der Waals surface area contributed by atoms with E-state index in [0.717, 1.165) is 34.8 Å². The predicted octanol–water partition coefficient (Wildman–Crippen LogP) is 3.35. The second-order valence-corrected chi connectivity index (χ2v) is 6.98. The van der Waals surface area contributed by atoms with Crippen molar-refractivity contribution in [2.45, 2.75) is 45.8 Å². The first-order valence-corrected chi connectivity index (χ1v) is 7.98. The van der Waals surface area contributed by atoms with Crippen molar-refractivity contribution in [3.05, 3.63) is 17.8 Å². The SMILES string of the molecule is CCC(C)(C)Cn1c(SCC(=O)O)nc2cc(C)cnc21. The topological polar surface area (TPSA) is 68.0 Å². The number of imidazole rings is 1. The quantitative estimate of drug-likeness (QED) is 0.829. The zero-order chi connectivity index (χ0) is 15.6. The second kappa shape index (κ2) is 6.05. The van der Waals surface area contributed by atoms with E-state index in [2.05, 4.69) is 30.7 Å². The molecular formula is C15H21N3O2S. The van der Waals surface area contributed by atoms with Gasteiger partial charge in [0.1, 0.15) is 5.52 Å². The number of carbonyl (C=O) groups is 1. The van der Waals surface area contributed by atoms with Crippen molar-refractivity contribution in [1.82, 2.24) is 14.5 Å². The van der Waals surface area contributed by atoms with Crippen LogP contribution in [0.2, 0.25) is 0 Å². The number of carboxylic acid groups (broad SMARTS) is 1. The van der Waals surface area contributed by atoms with Crippen LogP contribution in [0, 0.1) is 12.3 Å². The minimum Gasteiger partial charge on any atom is -0.481 e. The average Bonchev–Trinajstić information content (AvgIpc) is 2.73. The summed E-state index contributed by atoms with van der Waals surface area (Å²) in [7, 11) is 0. The van der Waals surface area contributed by atoms with Gasteiger partial charge in [-0.05, 0) is 30.4 Å². The lowest BCUT2D eigenvalue weighted by molar-refractivity contribution is -0.133. The van der Waals surface area contributed by atoms with Crippen molar-refractivity contribution >= 4 is 28.9 Å². The molecular weight excluding hydrogens is 286 g/mol. The molecule has 114 valence electrons. The highest BCUT2D eigenvalue weighted by molar-refractivity contribution is 7.99. The van der Waals surface area contributed by atoms with Gasteiger partial charge in [-0.25, -0.2) is 9.97 Å². The molecule has 0 aliphatic heterocycles. The maximum absolute atomic E-state index is 10.8. The van der Waals surface area contributed by atoms with E-state index in [1.807, 2.05) is 23.8 Å². The molecule has 2 heterocycles. The maximum Gasteiger partial charge on any atom is 0.313 e. The maximum atomic E-state index is 10.8. The van der Waals surface area contributed by atoms with Crippen LogP contribution in [0.5, 0.6) is 0 Å². The summed E-state index contributed by atoms with van der Waals surface area (Å²) in [5.74, 6) is -0.827. The summed E-state index contributed by atoms with van der Waals surface area (Å²) >= 11 is 1.25. The standard InChI is InChI=1S/C15H21N3O2S/c1-5-15(3,4)9-18-13-11(6-10(2)7-16-13)17-14(18)21-8-12(19)20/h6-7H,5,8-9H2,1-4H3,(H,19,20). The molecule has 0 atom stereocenters. The molecule has 0 radical (unpaired) electrons. The van der Waals surface area contributed by atoms with Gasteiger partial charge < -0.3 is 9.67 Å². The van der Waals surface area contributed by atoms with Gasteiger partial charge in [0.15, 0.2) is 10.8 Å². The van der Waals surface area contributed by atoms with E-state index < -0.39 is 5.97 Å². The van der Waals surface area contributed by atoms with Crippen LogP contribution in [0.3, 0.4) is 0 Å². The Morgan fingerprint density at radius 1 is 1.48 bits per heavy atom. The Hall–Kier alpha value is -1.56. The average molecular weight is 307 g/mol. The third-order valence-electron chi connectivity index (χ3n) is 3.55. The Balaban J connectivity index is 2.46. The van der Waals surface area contributed by atoms with Crippen LogP contribution in [-0.2, 0) is 11.3 Å². The molecule has 0 aliphatic rings.